The van der Waals surface area contributed by atoms with Crippen LogP contribution in [0.3, 0.4) is 0 Å². The van der Waals surface area contributed by atoms with Crippen LogP contribution >= 0.6 is 11.3 Å². The minimum Gasteiger partial charge on any atom is -0.478 e. The van der Waals surface area contributed by atoms with Crippen LogP contribution in [0.5, 0.6) is 0 Å². The van der Waals surface area contributed by atoms with Gasteiger partial charge in [-0.3, -0.25) is 4.90 Å². The first-order chi connectivity index (χ1) is 9.24. The highest BCUT2D eigenvalue weighted by molar-refractivity contribution is 7.19. The molecule has 1 N–H and O–H groups in total. The molecule has 2 aromatic rings. The highest BCUT2D eigenvalue weighted by Crippen LogP contribution is 2.29. The zero-order valence-corrected chi connectivity index (χ0v) is 11.3. The van der Waals surface area contributed by atoms with E-state index in [1.54, 1.807) is 23.5 Å². The van der Waals surface area contributed by atoms with Crippen molar-refractivity contribution in [3.05, 3.63) is 34.7 Å². The molecule has 0 radical (unpaired) electrons. The molecule has 5 heteroatoms. The maximum atomic E-state index is 11.2. The molecule has 0 unspecified atom stereocenters. The summed E-state index contributed by atoms with van der Waals surface area (Å²) >= 11 is 1.68. The van der Waals surface area contributed by atoms with Crippen LogP contribution in [0, 0.1) is 0 Å². The SMILES string of the molecule is O=C(O)c1cccc2sc(CN3CCOCC3)cc12. The van der Waals surface area contributed by atoms with Crippen LogP contribution in [0.2, 0.25) is 0 Å². The van der Waals surface area contributed by atoms with Gasteiger partial charge in [-0.05, 0) is 18.2 Å². The van der Waals surface area contributed by atoms with Crippen molar-refractivity contribution in [2.75, 3.05) is 26.3 Å². The maximum absolute atomic E-state index is 11.2. The summed E-state index contributed by atoms with van der Waals surface area (Å²) in [6.07, 6.45) is 0. The molecule has 0 aliphatic carbocycles. The topological polar surface area (TPSA) is 49.8 Å². The van der Waals surface area contributed by atoms with Gasteiger partial charge in [-0.15, -0.1) is 11.3 Å². The standard InChI is InChI=1S/C14H15NO3S/c16-14(17)11-2-1-3-13-12(11)8-10(19-13)9-15-4-6-18-7-5-15/h1-3,8H,4-7,9H2,(H,16,17). The smallest absolute Gasteiger partial charge is 0.336 e. The van der Waals surface area contributed by atoms with Crippen LogP contribution in [0.1, 0.15) is 15.2 Å². The van der Waals surface area contributed by atoms with Crippen LogP contribution in [-0.2, 0) is 11.3 Å². The largest absolute Gasteiger partial charge is 0.478 e. The Morgan fingerprint density at radius 3 is 2.89 bits per heavy atom. The number of carboxylic acids is 1. The number of ether oxygens (including phenoxy) is 1. The molecule has 1 aliphatic heterocycles. The Morgan fingerprint density at radius 1 is 1.37 bits per heavy atom. The van der Waals surface area contributed by atoms with Crippen molar-refractivity contribution in [2.24, 2.45) is 0 Å². The van der Waals surface area contributed by atoms with E-state index in [9.17, 15) is 9.90 Å². The molecule has 0 saturated carbocycles. The first-order valence-electron chi connectivity index (χ1n) is 6.29. The zero-order chi connectivity index (χ0) is 13.2. The molecule has 1 aromatic heterocycles. The molecule has 4 nitrogen and oxygen atoms in total. The summed E-state index contributed by atoms with van der Waals surface area (Å²) in [5.41, 5.74) is 0.391. The molecule has 3 rings (SSSR count). The van der Waals surface area contributed by atoms with Crippen LogP contribution in [0.4, 0.5) is 0 Å². The van der Waals surface area contributed by atoms with Gasteiger partial charge >= 0.3 is 5.97 Å². The Balaban J connectivity index is 1.88. The number of benzene rings is 1. The van der Waals surface area contributed by atoms with E-state index in [0.29, 0.717) is 5.56 Å². The Kier molecular flexibility index (Phi) is 3.50. The zero-order valence-electron chi connectivity index (χ0n) is 10.5. The highest BCUT2D eigenvalue weighted by atomic mass is 32.1. The lowest BCUT2D eigenvalue weighted by Gasteiger charge is -2.25. The number of hydrogen-bond donors (Lipinski definition) is 1. The third-order valence-electron chi connectivity index (χ3n) is 3.33. The molecule has 100 valence electrons. The van der Waals surface area contributed by atoms with E-state index in [2.05, 4.69) is 4.90 Å². The van der Waals surface area contributed by atoms with E-state index < -0.39 is 5.97 Å². The van der Waals surface area contributed by atoms with Crippen LogP contribution in [-0.4, -0.2) is 42.3 Å². The van der Waals surface area contributed by atoms with Crippen LogP contribution < -0.4 is 0 Å². The van der Waals surface area contributed by atoms with E-state index >= 15 is 0 Å². The molecule has 1 fully saturated rings. The molecular weight excluding hydrogens is 262 g/mol. The number of nitrogens with zero attached hydrogens (tertiary/aromatic N) is 1. The van der Waals surface area contributed by atoms with Gasteiger partial charge in [0.05, 0.1) is 18.8 Å². The van der Waals surface area contributed by atoms with Crippen molar-refractivity contribution in [3.8, 4) is 0 Å². The number of carbonyl (C=O) groups is 1. The minimum absolute atomic E-state index is 0.391. The van der Waals surface area contributed by atoms with Crippen molar-refractivity contribution in [2.45, 2.75) is 6.54 Å². The van der Waals surface area contributed by atoms with E-state index in [1.165, 1.54) is 4.88 Å². The number of carboxylic acid groups (broad SMARTS) is 1. The molecule has 1 saturated heterocycles. The van der Waals surface area contributed by atoms with Crippen molar-refractivity contribution < 1.29 is 14.6 Å². The summed E-state index contributed by atoms with van der Waals surface area (Å²) < 4.78 is 6.38. The van der Waals surface area contributed by atoms with Crippen molar-refractivity contribution >= 4 is 27.4 Å². The van der Waals surface area contributed by atoms with Gasteiger partial charge in [-0.1, -0.05) is 6.07 Å². The Bertz CT molecular complexity index is 602. The predicted octanol–water partition coefficient (Wildman–Crippen LogP) is 2.43. The van der Waals surface area contributed by atoms with Gasteiger partial charge in [0.1, 0.15) is 0 Å². The summed E-state index contributed by atoms with van der Waals surface area (Å²) in [6.45, 7) is 4.33. The number of hydrogen-bond acceptors (Lipinski definition) is 4. The van der Waals surface area contributed by atoms with Gasteiger partial charge in [0.2, 0.25) is 0 Å². The summed E-state index contributed by atoms with van der Waals surface area (Å²) in [4.78, 5) is 14.7. The Labute approximate surface area is 115 Å². The molecule has 1 aromatic carbocycles. The predicted molar refractivity (Wildman–Crippen MR) is 74.9 cm³/mol. The molecule has 0 atom stereocenters. The minimum atomic E-state index is -0.860. The van der Waals surface area contributed by atoms with Gasteiger partial charge in [0.25, 0.3) is 0 Å². The average Bonchev–Trinajstić information content (AvgIpc) is 2.81. The van der Waals surface area contributed by atoms with Crippen molar-refractivity contribution in [1.29, 1.82) is 0 Å². The van der Waals surface area contributed by atoms with Gasteiger partial charge in [-0.2, -0.15) is 0 Å². The van der Waals surface area contributed by atoms with Crippen LogP contribution in [0.25, 0.3) is 10.1 Å². The average molecular weight is 277 g/mol. The molecule has 0 spiro atoms. The van der Waals surface area contributed by atoms with E-state index in [0.717, 1.165) is 42.9 Å². The molecule has 0 bridgehead atoms. The second kappa shape index (κ2) is 5.28. The number of aromatic carboxylic acids is 1. The number of fused-ring (bicyclic) bond motifs is 1. The van der Waals surface area contributed by atoms with Crippen LogP contribution in [0.15, 0.2) is 24.3 Å². The van der Waals surface area contributed by atoms with Crippen molar-refractivity contribution in [1.82, 2.24) is 4.90 Å². The lowest BCUT2D eigenvalue weighted by molar-refractivity contribution is 0.0346. The molecular formula is C14H15NO3S. The molecule has 19 heavy (non-hydrogen) atoms. The van der Waals surface area contributed by atoms with Gasteiger partial charge in [0, 0.05) is 34.6 Å². The molecule has 0 amide bonds. The summed E-state index contributed by atoms with van der Waals surface area (Å²) in [7, 11) is 0. The quantitative estimate of drug-likeness (QED) is 0.936. The second-order valence-electron chi connectivity index (χ2n) is 4.62. The fourth-order valence-corrected chi connectivity index (χ4v) is 3.49. The normalized spacial score (nSPS) is 16.8. The van der Waals surface area contributed by atoms with Gasteiger partial charge in [-0.25, -0.2) is 4.79 Å². The second-order valence-corrected chi connectivity index (χ2v) is 5.79. The number of morpholine rings is 1. The lowest BCUT2D eigenvalue weighted by Crippen LogP contribution is -2.35. The summed E-state index contributed by atoms with van der Waals surface area (Å²) in [5.74, 6) is -0.860. The van der Waals surface area contributed by atoms with Gasteiger partial charge in [0.15, 0.2) is 0 Å². The lowest BCUT2D eigenvalue weighted by atomic mass is 10.1. The fraction of sp³-hybridized carbons (Fsp3) is 0.357. The number of thiophene rings is 1. The first kappa shape index (κ1) is 12.6. The fourth-order valence-electron chi connectivity index (χ4n) is 2.36. The monoisotopic (exact) mass is 277 g/mol. The van der Waals surface area contributed by atoms with Crippen molar-refractivity contribution in [3.63, 3.8) is 0 Å². The van der Waals surface area contributed by atoms with Gasteiger partial charge < -0.3 is 9.84 Å². The molecule has 2 heterocycles. The van der Waals surface area contributed by atoms with E-state index in [-0.39, 0.29) is 0 Å². The number of rotatable bonds is 3. The summed E-state index contributed by atoms with van der Waals surface area (Å²) in [6, 6.07) is 7.46. The Hall–Kier alpha value is -1.43. The van der Waals surface area contributed by atoms with E-state index in [1.807, 2.05) is 12.1 Å². The third-order valence-corrected chi connectivity index (χ3v) is 4.41. The summed E-state index contributed by atoms with van der Waals surface area (Å²) in [5, 5.41) is 10.0. The first-order valence-corrected chi connectivity index (χ1v) is 7.10. The third kappa shape index (κ3) is 2.63. The Morgan fingerprint density at radius 2 is 2.16 bits per heavy atom. The van der Waals surface area contributed by atoms with E-state index in [4.69, 9.17) is 4.74 Å². The highest BCUT2D eigenvalue weighted by Gasteiger charge is 2.15. The maximum Gasteiger partial charge on any atom is 0.336 e. The molecule has 1 aliphatic rings.